The third-order valence-corrected chi connectivity index (χ3v) is 2.14. The number of nitrogens with one attached hydrogen (secondary N) is 1. The summed E-state index contributed by atoms with van der Waals surface area (Å²) < 4.78 is 5.38. The zero-order valence-corrected chi connectivity index (χ0v) is 8.24. The Kier molecular flexibility index (Phi) is 2.33. The molecule has 0 saturated carbocycles. The van der Waals surface area contributed by atoms with Crippen LogP contribution in [0.5, 0.6) is 5.75 Å². The van der Waals surface area contributed by atoms with Gasteiger partial charge in [0.1, 0.15) is 5.75 Å². The predicted octanol–water partition coefficient (Wildman–Crippen LogP) is 0.930. The minimum atomic E-state index is -1.21. The van der Waals surface area contributed by atoms with Gasteiger partial charge in [0, 0.05) is 10.9 Å². The van der Waals surface area contributed by atoms with Crippen molar-refractivity contribution in [2.75, 3.05) is 6.61 Å². The number of hydrogen-bond donors (Lipinski definition) is 1. The average Bonchev–Trinajstić information content (AvgIpc) is 2.63. The van der Waals surface area contributed by atoms with E-state index in [9.17, 15) is 9.90 Å². The normalized spacial score (nSPS) is 10.5. The summed E-state index contributed by atoms with van der Waals surface area (Å²) in [6.07, 6.45) is 0. The molecule has 2 rings (SSSR count). The lowest BCUT2D eigenvalue weighted by molar-refractivity contribution is -0.255. The molecule has 0 amide bonds. The van der Waals surface area contributed by atoms with E-state index in [1.807, 2.05) is 13.0 Å². The summed E-state index contributed by atoms with van der Waals surface area (Å²) in [5.74, 6) is -0.535. The highest BCUT2D eigenvalue weighted by atomic mass is 16.5. The Labute approximate surface area is 86.5 Å². The molecule has 4 nitrogen and oxygen atoms in total. The highest BCUT2D eigenvalue weighted by Crippen LogP contribution is 2.26. The Bertz CT molecular complexity index is 502. The topological polar surface area (TPSA) is 65.2 Å². The monoisotopic (exact) mass is 204 g/mol. The third kappa shape index (κ3) is 1.66. The van der Waals surface area contributed by atoms with Crippen molar-refractivity contribution in [1.29, 1.82) is 0 Å². The smallest absolute Gasteiger partial charge is 0.128 e. The van der Waals surface area contributed by atoms with Crippen molar-refractivity contribution >= 4 is 16.9 Å². The first-order valence-electron chi connectivity index (χ1n) is 4.68. The maximum Gasteiger partial charge on any atom is 0.128 e. The Morgan fingerprint density at radius 1 is 1.53 bits per heavy atom. The number of benzene rings is 1. The molecule has 1 N–H and O–H groups in total. The van der Waals surface area contributed by atoms with E-state index >= 15 is 0 Å². The molecule has 1 aromatic heterocycles. The number of ether oxygens (including phenoxy) is 1. The Morgan fingerprint density at radius 3 is 3.00 bits per heavy atom. The summed E-state index contributed by atoms with van der Waals surface area (Å²) in [6.45, 7) is 2.43. The first-order chi connectivity index (χ1) is 7.22. The maximum absolute atomic E-state index is 10.7. The van der Waals surface area contributed by atoms with Gasteiger partial charge in [-0.05, 0) is 25.1 Å². The largest absolute Gasteiger partial charge is 0.543 e. The van der Waals surface area contributed by atoms with E-state index in [1.165, 1.54) is 6.07 Å². The second-order valence-corrected chi connectivity index (χ2v) is 3.12. The van der Waals surface area contributed by atoms with Crippen LogP contribution in [0.25, 0.3) is 10.9 Å². The van der Waals surface area contributed by atoms with E-state index < -0.39 is 5.97 Å². The van der Waals surface area contributed by atoms with Gasteiger partial charge in [-0.25, -0.2) is 0 Å². The number of carboxylic acid groups (broad SMARTS) is 1. The zero-order valence-electron chi connectivity index (χ0n) is 8.24. The third-order valence-electron chi connectivity index (χ3n) is 2.14. The molecule has 0 aliphatic rings. The van der Waals surface area contributed by atoms with Gasteiger partial charge in [-0.3, -0.25) is 0 Å². The molecule has 1 aromatic carbocycles. The van der Waals surface area contributed by atoms with Crippen LogP contribution in [-0.2, 0) is 0 Å². The van der Waals surface area contributed by atoms with Crippen molar-refractivity contribution in [1.82, 2.24) is 4.98 Å². The number of carboxylic acids is 1. The first kappa shape index (κ1) is 9.58. The van der Waals surface area contributed by atoms with Crippen LogP contribution in [0.3, 0.4) is 0 Å². The Hall–Kier alpha value is -1.97. The van der Waals surface area contributed by atoms with Gasteiger partial charge in [-0.1, -0.05) is 6.07 Å². The fraction of sp³-hybridized carbons (Fsp3) is 0.182. The van der Waals surface area contributed by atoms with Crippen LogP contribution in [0.2, 0.25) is 0 Å². The molecule has 15 heavy (non-hydrogen) atoms. The van der Waals surface area contributed by atoms with Gasteiger partial charge >= 0.3 is 0 Å². The summed E-state index contributed by atoms with van der Waals surface area (Å²) in [4.78, 5) is 13.4. The number of aromatic nitrogens is 1. The quantitative estimate of drug-likeness (QED) is 0.808. The molecule has 0 unspecified atom stereocenters. The van der Waals surface area contributed by atoms with Gasteiger partial charge in [0.15, 0.2) is 0 Å². The number of rotatable bonds is 3. The van der Waals surface area contributed by atoms with Crippen LogP contribution in [0.1, 0.15) is 17.4 Å². The van der Waals surface area contributed by atoms with E-state index in [-0.39, 0.29) is 5.69 Å². The van der Waals surface area contributed by atoms with Crippen LogP contribution in [0.15, 0.2) is 24.3 Å². The van der Waals surface area contributed by atoms with Gasteiger partial charge in [-0.2, -0.15) is 0 Å². The lowest BCUT2D eigenvalue weighted by Gasteiger charge is -2.02. The van der Waals surface area contributed by atoms with Crippen molar-refractivity contribution in [2.24, 2.45) is 0 Å². The number of carbonyl (C=O) groups is 1. The molecule has 0 fully saturated rings. The summed E-state index contributed by atoms with van der Waals surface area (Å²) >= 11 is 0. The molecule has 0 saturated heterocycles. The van der Waals surface area contributed by atoms with Crippen molar-refractivity contribution < 1.29 is 14.6 Å². The Morgan fingerprint density at radius 2 is 2.33 bits per heavy atom. The number of hydrogen-bond acceptors (Lipinski definition) is 3. The number of aromatic amines is 1. The van der Waals surface area contributed by atoms with Crippen molar-refractivity contribution in [3.05, 3.63) is 30.0 Å². The standard InChI is InChI=1S/C11H11NO3/c1-2-15-10-5-3-4-8-7(10)6-9(12-8)11(13)14/h3-6,12H,2H2,1H3,(H,13,14)/p-1. The molecule has 0 atom stereocenters. The lowest BCUT2D eigenvalue weighted by atomic mass is 10.2. The van der Waals surface area contributed by atoms with Gasteiger partial charge in [0.05, 0.1) is 18.3 Å². The van der Waals surface area contributed by atoms with Gasteiger partial charge in [0.25, 0.3) is 0 Å². The molecule has 0 bridgehead atoms. The molecular formula is C11H10NO3-. The minimum absolute atomic E-state index is 0.0668. The second kappa shape index (κ2) is 3.65. The molecule has 1 heterocycles. The summed E-state index contributed by atoms with van der Waals surface area (Å²) in [7, 11) is 0. The minimum Gasteiger partial charge on any atom is -0.543 e. The van der Waals surface area contributed by atoms with Gasteiger partial charge in [-0.15, -0.1) is 0 Å². The highest BCUT2D eigenvalue weighted by Gasteiger charge is 2.05. The number of aromatic carboxylic acids is 1. The summed E-state index contributed by atoms with van der Waals surface area (Å²) in [5, 5.41) is 11.4. The fourth-order valence-electron chi connectivity index (χ4n) is 1.52. The molecular weight excluding hydrogens is 194 g/mol. The second-order valence-electron chi connectivity index (χ2n) is 3.12. The van der Waals surface area contributed by atoms with Gasteiger partial charge in [0.2, 0.25) is 0 Å². The predicted molar refractivity (Wildman–Crippen MR) is 53.8 cm³/mol. The molecule has 0 aliphatic carbocycles. The zero-order chi connectivity index (χ0) is 10.8. The van der Waals surface area contributed by atoms with Crippen LogP contribution in [0.4, 0.5) is 0 Å². The number of carbonyl (C=O) groups excluding carboxylic acids is 1. The van der Waals surface area contributed by atoms with E-state index in [0.29, 0.717) is 12.4 Å². The van der Waals surface area contributed by atoms with Gasteiger partial charge < -0.3 is 19.6 Å². The lowest BCUT2D eigenvalue weighted by Crippen LogP contribution is -2.22. The van der Waals surface area contributed by atoms with E-state index in [2.05, 4.69) is 4.98 Å². The highest BCUT2D eigenvalue weighted by molar-refractivity contribution is 5.95. The molecule has 4 heteroatoms. The van der Waals surface area contributed by atoms with Crippen LogP contribution in [0, 0.1) is 0 Å². The van der Waals surface area contributed by atoms with Crippen LogP contribution in [-0.4, -0.2) is 17.6 Å². The van der Waals surface area contributed by atoms with E-state index in [0.717, 1.165) is 10.9 Å². The fourth-order valence-corrected chi connectivity index (χ4v) is 1.52. The van der Waals surface area contributed by atoms with Crippen molar-refractivity contribution in [3.63, 3.8) is 0 Å². The van der Waals surface area contributed by atoms with Crippen molar-refractivity contribution in [2.45, 2.75) is 6.92 Å². The molecule has 2 aromatic rings. The molecule has 0 spiro atoms. The maximum atomic E-state index is 10.7. The summed E-state index contributed by atoms with van der Waals surface area (Å²) in [5.41, 5.74) is 0.803. The summed E-state index contributed by atoms with van der Waals surface area (Å²) in [6, 6.07) is 6.93. The number of fused-ring (bicyclic) bond motifs is 1. The molecule has 78 valence electrons. The van der Waals surface area contributed by atoms with E-state index in [4.69, 9.17) is 4.74 Å². The molecule has 0 aliphatic heterocycles. The molecule has 0 radical (unpaired) electrons. The van der Waals surface area contributed by atoms with Crippen LogP contribution >= 0.6 is 0 Å². The van der Waals surface area contributed by atoms with Crippen molar-refractivity contribution in [3.8, 4) is 5.75 Å². The Balaban J connectivity index is 2.59. The SMILES string of the molecule is CCOc1cccc2[nH]c(C(=O)[O-])cc12. The van der Waals surface area contributed by atoms with Crippen LogP contribution < -0.4 is 9.84 Å². The average molecular weight is 204 g/mol. The van der Waals surface area contributed by atoms with E-state index in [1.54, 1.807) is 12.1 Å². The first-order valence-corrected chi connectivity index (χ1v) is 4.68. The number of H-pyrrole nitrogens is 1.